The highest BCUT2D eigenvalue weighted by molar-refractivity contribution is 9.10. The van der Waals surface area contributed by atoms with E-state index in [2.05, 4.69) is 34.1 Å². The van der Waals surface area contributed by atoms with Crippen molar-refractivity contribution in [2.24, 2.45) is 0 Å². The van der Waals surface area contributed by atoms with Crippen LogP contribution in [0.1, 0.15) is 33.5 Å². The van der Waals surface area contributed by atoms with Crippen LogP contribution >= 0.6 is 15.9 Å². The molecule has 0 saturated carbocycles. The molecule has 2 rings (SSSR count). The zero-order chi connectivity index (χ0) is 13.8. The molecule has 0 spiro atoms. The summed E-state index contributed by atoms with van der Waals surface area (Å²) in [6, 6.07) is 14.1. The number of carbonyl (C=O) groups is 1. The average Bonchev–Trinajstić information content (AvgIpc) is 2.37. The van der Waals surface area contributed by atoms with Gasteiger partial charge < -0.3 is 0 Å². The fourth-order valence-corrected chi connectivity index (χ4v) is 2.43. The quantitative estimate of drug-likeness (QED) is 0.734. The third-order valence-corrected chi connectivity index (χ3v) is 3.76. The van der Waals surface area contributed by atoms with Crippen LogP contribution in [-0.2, 0) is 6.42 Å². The highest BCUT2D eigenvalue weighted by Gasteiger charge is 2.09. The maximum atomic E-state index is 12.2. The third-order valence-electron chi connectivity index (χ3n) is 3.24. The number of aryl methyl sites for hydroxylation is 3. The number of Topliss-reactive ketones (excluding diaryl/α,β-unsaturated/α-hetero) is 1. The summed E-state index contributed by atoms with van der Waals surface area (Å²) < 4.78 is 1.07. The highest BCUT2D eigenvalue weighted by Crippen LogP contribution is 2.16. The largest absolute Gasteiger partial charge is 0.294 e. The molecule has 0 unspecified atom stereocenters. The predicted octanol–water partition coefficient (Wildman–Crippen LogP) is 4.88. The summed E-state index contributed by atoms with van der Waals surface area (Å²) in [5.74, 6) is 0.223. The Labute approximate surface area is 122 Å². The maximum absolute atomic E-state index is 12.2. The highest BCUT2D eigenvalue weighted by atomic mass is 79.9. The second-order valence-electron chi connectivity index (χ2n) is 4.87. The van der Waals surface area contributed by atoms with Crippen molar-refractivity contribution in [3.05, 3.63) is 69.2 Å². The molecule has 0 radical (unpaired) electrons. The fourth-order valence-electron chi connectivity index (χ4n) is 2.17. The number of rotatable bonds is 4. The molecule has 2 aromatic carbocycles. The van der Waals surface area contributed by atoms with Crippen molar-refractivity contribution in [2.75, 3.05) is 0 Å². The minimum Gasteiger partial charge on any atom is -0.294 e. The van der Waals surface area contributed by atoms with E-state index in [1.54, 1.807) is 0 Å². The molecule has 0 saturated heterocycles. The van der Waals surface area contributed by atoms with Crippen LogP contribution in [0.5, 0.6) is 0 Å². The molecule has 0 aliphatic rings. The molecule has 0 N–H and O–H groups in total. The minimum absolute atomic E-state index is 0.223. The normalized spacial score (nSPS) is 10.5. The third kappa shape index (κ3) is 3.77. The van der Waals surface area contributed by atoms with Crippen molar-refractivity contribution in [1.29, 1.82) is 0 Å². The van der Waals surface area contributed by atoms with Crippen molar-refractivity contribution < 1.29 is 4.79 Å². The maximum Gasteiger partial charge on any atom is 0.163 e. The van der Waals surface area contributed by atoms with Crippen LogP contribution in [0, 0.1) is 13.8 Å². The SMILES string of the molecule is Cc1ccc(C(=O)CCc2ccc(Br)cc2)c(C)c1. The van der Waals surface area contributed by atoms with Crippen LogP contribution in [0.2, 0.25) is 0 Å². The van der Waals surface area contributed by atoms with Gasteiger partial charge in [-0.1, -0.05) is 51.8 Å². The Morgan fingerprint density at radius 2 is 1.74 bits per heavy atom. The molecule has 0 bridgehead atoms. The van der Waals surface area contributed by atoms with E-state index in [1.165, 1.54) is 11.1 Å². The summed E-state index contributed by atoms with van der Waals surface area (Å²) in [5.41, 5.74) is 4.31. The Bertz CT molecular complexity index is 585. The molecule has 2 heteroatoms. The van der Waals surface area contributed by atoms with Gasteiger partial charge in [-0.25, -0.2) is 0 Å². The van der Waals surface area contributed by atoms with Gasteiger partial charge in [0.15, 0.2) is 5.78 Å². The second kappa shape index (κ2) is 6.16. The van der Waals surface area contributed by atoms with E-state index < -0.39 is 0 Å². The molecular formula is C17H17BrO. The van der Waals surface area contributed by atoms with Crippen LogP contribution < -0.4 is 0 Å². The van der Waals surface area contributed by atoms with Crippen molar-refractivity contribution >= 4 is 21.7 Å². The van der Waals surface area contributed by atoms with Gasteiger partial charge in [-0.15, -0.1) is 0 Å². The molecule has 0 heterocycles. The zero-order valence-corrected chi connectivity index (χ0v) is 12.8. The summed E-state index contributed by atoms with van der Waals surface area (Å²) in [7, 11) is 0. The van der Waals surface area contributed by atoms with Crippen LogP contribution in [0.4, 0.5) is 0 Å². The van der Waals surface area contributed by atoms with Crippen molar-refractivity contribution in [3.63, 3.8) is 0 Å². The summed E-state index contributed by atoms with van der Waals surface area (Å²) in [6.45, 7) is 4.04. The van der Waals surface area contributed by atoms with Crippen LogP contribution in [0.15, 0.2) is 46.9 Å². The van der Waals surface area contributed by atoms with E-state index in [0.29, 0.717) is 6.42 Å². The van der Waals surface area contributed by atoms with Crippen molar-refractivity contribution in [3.8, 4) is 0 Å². The Kier molecular flexibility index (Phi) is 4.54. The molecule has 0 aliphatic heterocycles. The van der Waals surface area contributed by atoms with Gasteiger partial charge >= 0.3 is 0 Å². The lowest BCUT2D eigenvalue weighted by molar-refractivity contribution is 0.0982. The molecule has 0 aromatic heterocycles. The van der Waals surface area contributed by atoms with E-state index in [0.717, 1.165) is 22.0 Å². The van der Waals surface area contributed by atoms with E-state index >= 15 is 0 Å². The number of benzene rings is 2. The molecule has 2 aromatic rings. The zero-order valence-electron chi connectivity index (χ0n) is 11.2. The predicted molar refractivity (Wildman–Crippen MR) is 82.7 cm³/mol. The lowest BCUT2D eigenvalue weighted by Crippen LogP contribution is -2.03. The first kappa shape index (κ1) is 14.0. The summed E-state index contributed by atoms with van der Waals surface area (Å²) in [6.07, 6.45) is 1.35. The number of hydrogen-bond donors (Lipinski definition) is 0. The van der Waals surface area contributed by atoms with Gasteiger partial charge in [0.05, 0.1) is 0 Å². The molecule has 98 valence electrons. The number of hydrogen-bond acceptors (Lipinski definition) is 1. The van der Waals surface area contributed by atoms with E-state index in [-0.39, 0.29) is 5.78 Å². The summed E-state index contributed by atoms with van der Waals surface area (Å²) >= 11 is 3.41. The minimum atomic E-state index is 0.223. The van der Waals surface area contributed by atoms with Crippen molar-refractivity contribution in [2.45, 2.75) is 26.7 Å². The monoisotopic (exact) mass is 316 g/mol. The number of carbonyl (C=O) groups excluding carboxylic acids is 1. The molecule has 0 fully saturated rings. The molecule has 0 aliphatic carbocycles. The second-order valence-corrected chi connectivity index (χ2v) is 5.78. The summed E-state index contributed by atoms with van der Waals surface area (Å²) in [4.78, 5) is 12.2. The fraction of sp³-hybridized carbons (Fsp3) is 0.235. The van der Waals surface area contributed by atoms with Gasteiger partial charge in [-0.05, 0) is 43.5 Å². The first-order valence-electron chi connectivity index (χ1n) is 6.41. The Morgan fingerprint density at radius 1 is 1.05 bits per heavy atom. The molecule has 0 amide bonds. The standard InChI is InChI=1S/C17H17BrO/c1-12-3-9-16(13(2)11-12)17(19)10-6-14-4-7-15(18)8-5-14/h3-5,7-9,11H,6,10H2,1-2H3. The lowest BCUT2D eigenvalue weighted by atomic mass is 9.98. The molecule has 0 atom stereocenters. The number of halogens is 1. The van der Waals surface area contributed by atoms with E-state index in [9.17, 15) is 4.79 Å². The first-order chi connectivity index (χ1) is 9.06. The van der Waals surface area contributed by atoms with Gasteiger partial charge in [0.2, 0.25) is 0 Å². The van der Waals surface area contributed by atoms with Gasteiger partial charge in [0.1, 0.15) is 0 Å². The van der Waals surface area contributed by atoms with Crippen molar-refractivity contribution in [1.82, 2.24) is 0 Å². The smallest absolute Gasteiger partial charge is 0.163 e. The van der Waals surface area contributed by atoms with Crippen LogP contribution in [-0.4, -0.2) is 5.78 Å². The average molecular weight is 317 g/mol. The van der Waals surface area contributed by atoms with Gasteiger partial charge in [-0.3, -0.25) is 4.79 Å². The van der Waals surface area contributed by atoms with E-state index in [4.69, 9.17) is 0 Å². The Balaban J connectivity index is 2.03. The lowest BCUT2D eigenvalue weighted by Gasteiger charge is -2.06. The molecular weight excluding hydrogens is 300 g/mol. The topological polar surface area (TPSA) is 17.1 Å². The van der Waals surface area contributed by atoms with Crippen LogP contribution in [0.3, 0.4) is 0 Å². The first-order valence-corrected chi connectivity index (χ1v) is 7.20. The summed E-state index contributed by atoms with van der Waals surface area (Å²) in [5, 5.41) is 0. The molecule has 1 nitrogen and oxygen atoms in total. The van der Waals surface area contributed by atoms with Crippen LogP contribution in [0.25, 0.3) is 0 Å². The van der Waals surface area contributed by atoms with Gasteiger partial charge in [-0.2, -0.15) is 0 Å². The van der Waals surface area contributed by atoms with Gasteiger partial charge in [0.25, 0.3) is 0 Å². The van der Waals surface area contributed by atoms with Gasteiger partial charge in [0, 0.05) is 16.5 Å². The Hall–Kier alpha value is -1.41. The Morgan fingerprint density at radius 3 is 2.37 bits per heavy atom. The number of ketones is 1. The molecule has 19 heavy (non-hydrogen) atoms. The van der Waals surface area contributed by atoms with E-state index in [1.807, 2.05) is 38.1 Å².